The third-order valence-electron chi connectivity index (χ3n) is 4.11. The largest absolute Gasteiger partial charge is 0.381 e. The van der Waals surface area contributed by atoms with E-state index in [2.05, 4.69) is 19.9 Å². The van der Waals surface area contributed by atoms with Crippen molar-refractivity contribution < 1.29 is 9.13 Å². The lowest BCUT2D eigenvalue weighted by Gasteiger charge is -2.14. The molecule has 0 aromatic heterocycles. The molecular weight excluding hydrogens is 263 g/mol. The van der Waals surface area contributed by atoms with E-state index < -0.39 is 0 Å². The third-order valence-corrected chi connectivity index (χ3v) is 4.11. The highest BCUT2D eigenvalue weighted by atomic mass is 19.1. The number of halogens is 1. The van der Waals surface area contributed by atoms with Crippen LogP contribution in [-0.2, 0) is 4.74 Å². The Morgan fingerprint density at radius 1 is 1.14 bits per heavy atom. The minimum absolute atomic E-state index is 0.0408. The normalized spacial score (nSPS) is 16.5. The Hall–Kier alpha value is -0.630. The Kier molecular flexibility index (Phi) is 10.5. The van der Waals surface area contributed by atoms with Crippen molar-refractivity contribution in [2.45, 2.75) is 78.1 Å². The molecule has 1 nitrogen and oxygen atoms in total. The van der Waals surface area contributed by atoms with Crippen LogP contribution in [0.15, 0.2) is 23.6 Å². The molecule has 1 rings (SSSR count). The van der Waals surface area contributed by atoms with E-state index in [0.29, 0.717) is 12.3 Å². The van der Waals surface area contributed by atoms with Crippen molar-refractivity contribution in [2.24, 2.45) is 5.92 Å². The van der Waals surface area contributed by atoms with E-state index in [0.717, 1.165) is 32.5 Å². The van der Waals surface area contributed by atoms with Gasteiger partial charge >= 0.3 is 0 Å². The quantitative estimate of drug-likeness (QED) is 0.381. The number of ether oxygens (including phenoxy) is 1. The molecule has 122 valence electrons. The van der Waals surface area contributed by atoms with E-state index in [1.165, 1.54) is 44.1 Å². The molecule has 0 aromatic carbocycles. The second-order valence-corrected chi connectivity index (χ2v) is 6.39. The van der Waals surface area contributed by atoms with Crippen molar-refractivity contribution in [1.82, 2.24) is 0 Å². The molecule has 1 aliphatic rings. The summed E-state index contributed by atoms with van der Waals surface area (Å²) in [5.74, 6) is 0.613. The smallest absolute Gasteiger partial charge is 0.100 e. The van der Waals surface area contributed by atoms with E-state index >= 15 is 0 Å². The second kappa shape index (κ2) is 12.0. The summed E-state index contributed by atoms with van der Waals surface area (Å²) >= 11 is 0. The molecule has 0 aromatic rings. The van der Waals surface area contributed by atoms with E-state index in [4.69, 9.17) is 4.74 Å². The molecule has 0 saturated heterocycles. The van der Waals surface area contributed by atoms with Crippen molar-refractivity contribution >= 4 is 0 Å². The van der Waals surface area contributed by atoms with Gasteiger partial charge in [0, 0.05) is 19.6 Å². The maximum Gasteiger partial charge on any atom is 0.100 e. The standard InChI is InChI=1S/C19H33FO/c1-3-4-5-6-7-8-13-21-14-12-17(2)15-18-10-9-11-19(20)16-18/h10,16-17H,3-9,11-15H2,1-2H3. The Balaban J connectivity index is 1.94. The summed E-state index contributed by atoms with van der Waals surface area (Å²) in [7, 11) is 0. The molecule has 0 fully saturated rings. The number of hydrogen-bond donors (Lipinski definition) is 0. The molecule has 0 bridgehead atoms. The van der Waals surface area contributed by atoms with Gasteiger partial charge in [-0.3, -0.25) is 0 Å². The maximum absolute atomic E-state index is 13.2. The van der Waals surface area contributed by atoms with Gasteiger partial charge in [-0.05, 0) is 43.3 Å². The zero-order chi connectivity index (χ0) is 15.3. The summed E-state index contributed by atoms with van der Waals surface area (Å²) in [6.45, 7) is 6.22. The predicted molar refractivity (Wildman–Crippen MR) is 89.1 cm³/mol. The molecule has 1 unspecified atom stereocenters. The van der Waals surface area contributed by atoms with Gasteiger partial charge in [-0.15, -0.1) is 0 Å². The lowest BCUT2D eigenvalue weighted by atomic mass is 9.94. The fraction of sp³-hybridized carbons (Fsp3) is 0.789. The molecule has 0 amide bonds. The number of unbranched alkanes of at least 4 members (excludes halogenated alkanes) is 5. The zero-order valence-corrected chi connectivity index (χ0v) is 14.0. The molecule has 0 heterocycles. The Labute approximate surface area is 130 Å². The summed E-state index contributed by atoms with van der Waals surface area (Å²) in [6.07, 6.45) is 15.3. The molecule has 1 aliphatic carbocycles. The van der Waals surface area contributed by atoms with E-state index in [1.807, 2.05) is 0 Å². The number of hydrogen-bond acceptors (Lipinski definition) is 1. The van der Waals surface area contributed by atoms with Gasteiger partial charge in [0.2, 0.25) is 0 Å². The molecule has 21 heavy (non-hydrogen) atoms. The Morgan fingerprint density at radius 2 is 1.90 bits per heavy atom. The monoisotopic (exact) mass is 296 g/mol. The van der Waals surface area contributed by atoms with Gasteiger partial charge < -0.3 is 4.74 Å². The first kappa shape index (κ1) is 18.4. The summed E-state index contributed by atoms with van der Waals surface area (Å²) < 4.78 is 18.9. The van der Waals surface area contributed by atoms with Crippen LogP contribution in [-0.4, -0.2) is 13.2 Å². The Bertz CT molecular complexity index is 320. The van der Waals surface area contributed by atoms with Crippen molar-refractivity contribution in [2.75, 3.05) is 13.2 Å². The van der Waals surface area contributed by atoms with Gasteiger partial charge in [0.1, 0.15) is 5.83 Å². The zero-order valence-electron chi connectivity index (χ0n) is 14.0. The summed E-state index contributed by atoms with van der Waals surface area (Å²) in [5, 5.41) is 0. The number of rotatable bonds is 12. The SMILES string of the molecule is CCCCCCCCOCCC(C)CC1=CCCC(F)=C1. The van der Waals surface area contributed by atoms with Crippen LogP contribution in [0.3, 0.4) is 0 Å². The lowest BCUT2D eigenvalue weighted by molar-refractivity contribution is 0.118. The average molecular weight is 296 g/mol. The van der Waals surface area contributed by atoms with Gasteiger partial charge in [-0.2, -0.15) is 0 Å². The molecule has 0 radical (unpaired) electrons. The summed E-state index contributed by atoms with van der Waals surface area (Å²) in [5.41, 5.74) is 1.17. The van der Waals surface area contributed by atoms with Crippen LogP contribution < -0.4 is 0 Å². The summed E-state index contributed by atoms with van der Waals surface area (Å²) in [4.78, 5) is 0. The second-order valence-electron chi connectivity index (χ2n) is 6.39. The highest BCUT2D eigenvalue weighted by Crippen LogP contribution is 2.24. The first-order valence-corrected chi connectivity index (χ1v) is 8.85. The van der Waals surface area contributed by atoms with Gasteiger partial charge in [-0.25, -0.2) is 4.39 Å². The first-order valence-electron chi connectivity index (χ1n) is 8.85. The fourth-order valence-corrected chi connectivity index (χ4v) is 2.75. The third kappa shape index (κ3) is 9.84. The fourth-order valence-electron chi connectivity index (χ4n) is 2.75. The van der Waals surface area contributed by atoms with Gasteiger partial charge in [-0.1, -0.05) is 52.0 Å². The molecular formula is C19H33FO. The van der Waals surface area contributed by atoms with E-state index in [9.17, 15) is 4.39 Å². The van der Waals surface area contributed by atoms with Crippen molar-refractivity contribution in [3.8, 4) is 0 Å². The van der Waals surface area contributed by atoms with Crippen LogP contribution in [0.1, 0.15) is 78.1 Å². The van der Waals surface area contributed by atoms with Crippen LogP contribution in [0, 0.1) is 5.92 Å². The van der Waals surface area contributed by atoms with Gasteiger partial charge in [0.15, 0.2) is 0 Å². The van der Waals surface area contributed by atoms with Crippen molar-refractivity contribution in [1.29, 1.82) is 0 Å². The number of allylic oxidation sites excluding steroid dienone is 4. The molecule has 2 heteroatoms. The van der Waals surface area contributed by atoms with Crippen LogP contribution in [0.4, 0.5) is 4.39 Å². The summed E-state index contributed by atoms with van der Waals surface area (Å²) in [6, 6.07) is 0. The van der Waals surface area contributed by atoms with Gasteiger partial charge in [0.05, 0.1) is 0 Å². The van der Waals surface area contributed by atoms with Crippen LogP contribution >= 0.6 is 0 Å². The van der Waals surface area contributed by atoms with Gasteiger partial charge in [0.25, 0.3) is 0 Å². The van der Waals surface area contributed by atoms with E-state index in [-0.39, 0.29) is 5.83 Å². The minimum Gasteiger partial charge on any atom is -0.381 e. The topological polar surface area (TPSA) is 9.23 Å². The maximum atomic E-state index is 13.2. The van der Waals surface area contributed by atoms with Crippen LogP contribution in [0.5, 0.6) is 0 Å². The molecule has 1 atom stereocenters. The predicted octanol–water partition coefficient (Wildman–Crippen LogP) is 6.35. The molecule has 0 aliphatic heterocycles. The highest BCUT2D eigenvalue weighted by molar-refractivity contribution is 5.25. The Morgan fingerprint density at radius 3 is 2.67 bits per heavy atom. The van der Waals surface area contributed by atoms with Crippen molar-refractivity contribution in [3.63, 3.8) is 0 Å². The first-order chi connectivity index (χ1) is 10.2. The minimum atomic E-state index is 0.0408. The highest BCUT2D eigenvalue weighted by Gasteiger charge is 2.09. The van der Waals surface area contributed by atoms with Crippen molar-refractivity contribution in [3.05, 3.63) is 23.6 Å². The van der Waals surface area contributed by atoms with Crippen LogP contribution in [0.25, 0.3) is 0 Å². The van der Waals surface area contributed by atoms with E-state index in [1.54, 1.807) is 6.08 Å². The average Bonchev–Trinajstić information content (AvgIpc) is 2.45. The molecule has 0 N–H and O–H groups in total. The lowest BCUT2D eigenvalue weighted by Crippen LogP contribution is -2.04. The van der Waals surface area contributed by atoms with Crippen LogP contribution in [0.2, 0.25) is 0 Å². The molecule has 0 saturated carbocycles. The molecule has 0 spiro atoms.